The molecule has 0 radical (unpaired) electrons. The molecule has 0 spiro atoms. The predicted molar refractivity (Wildman–Crippen MR) is 82.1 cm³/mol. The van der Waals surface area contributed by atoms with Gasteiger partial charge in [0, 0.05) is 25.4 Å². The van der Waals surface area contributed by atoms with Crippen molar-refractivity contribution in [2.24, 2.45) is 7.05 Å². The van der Waals surface area contributed by atoms with Crippen LogP contribution in [-0.4, -0.2) is 26.3 Å². The third kappa shape index (κ3) is 2.14. The fourth-order valence-electron chi connectivity index (χ4n) is 3.09. The average molecular weight is 279 g/mol. The molecule has 4 rings (SSSR count). The molecule has 1 atom stereocenters. The molecule has 0 bridgehead atoms. The van der Waals surface area contributed by atoms with E-state index in [0.717, 1.165) is 29.8 Å². The predicted octanol–water partition coefficient (Wildman–Crippen LogP) is 2.70. The Morgan fingerprint density at radius 3 is 2.81 bits per heavy atom. The SMILES string of the molecule is Cn1cc([C@@H]2CCCN2c2cnc3ccccc3n2)cn1. The van der Waals surface area contributed by atoms with Gasteiger partial charge in [0.05, 0.1) is 29.5 Å². The highest BCUT2D eigenvalue weighted by atomic mass is 15.3. The molecule has 5 nitrogen and oxygen atoms in total. The van der Waals surface area contributed by atoms with Gasteiger partial charge in [-0.25, -0.2) is 4.98 Å². The lowest BCUT2D eigenvalue weighted by atomic mass is 10.1. The van der Waals surface area contributed by atoms with Crippen LogP contribution in [0.2, 0.25) is 0 Å². The minimum Gasteiger partial charge on any atom is -0.348 e. The maximum Gasteiger partial charge on any atom is 0.148 e. The molecular weight excluding hydrogens is 262 g/mol. The van der Waals surface area contributed by atoms with Gasteiger partial charge in [0.2, 0.25) is 0 Å². The Morgan fingerprint density at radius 2 is 2.00 bits per heavy atom. The summed E-state index contributed by atoms with van der Waals surface area (Å²) in [5.41, 5.74) is 3.15. The molecule has 3 aromatic rings. The molecule has 21 heavy (non-hydrogen) atoms. The van der Waals surface area contributed by atoms with Crippen LogP contribution in [0.5, 0.6) is 0 Å². The van der Waals surface area contributed by atoms with E-state index in [2.05, 4.69) is 21.2 Å². The standard InChI is InChI=1S/C16H17N5/c1-20-11-12(9-18-20)15-7-4-8-21(15)16-10-17-13-5-2-3-6-14(13)19-16/h2-3,5-6,9-11,15H,4,7-8H2,1H3/t15-/m0/s1. The highest BCUT2D eigenvalue weighted by Crippen LogP contribution is 2.35. The highest BCUT2D eigenvalue weighted by molar-refractivity contribution is 5.75. The number of aryl methyl sites for hydroxylation is 1. The van der Waals surface area contributed by atoms with Gasteiger partial charge in [-0.1, -0.05) is 12.1 Å². The number of fused-ring (bicyclic) bond motifs is 1. The number of rotatable bonds is 2. The second-order valence-electron chi connectivity index (χ2n) is 5.52. The van der Waals surface area contributed by atoms with Crippen LogP contribution in [-0.2, 0) is 7.05 Å². The number of para-hydroxylation sites is 2. The molecule has 0 unspecified atom stereocenters. The first-order valence-electron chi connectivity index (χ1n) is 7.28. The number of aromatic nitrogens is 4. The molecule has 106 valence electrons. The van der Waals surface area contributed by atoms with Gasteiger partial charge in [0.25, 0.3) is 0 Å². The molecule has 1 aliphatic heterocycles. The Kier molecular flexibility index (Phi) is 2.84. The fraction of sp³-hybridized carbons (Fsp3) is 0.312. The van der Waals surface area contributed by atoms with Gasteiger partial charge in [-0.05, 0) is 25.0 Å². The van der Waals surface area contributed by atoms with E-state index in [-0.39, 0.29) is 0 Å². The molecule has 0 saturated carbocycles. The summed E-state index contributed by atoms with van der Waals surface area (Å²) in [6.45, 7) is 1.02. The highest BCUT2D eigenvalue weighted by Gasteiger charge is 2.28. The Hall–Kier alpha value is -2.43. The van der Waals surface area contributed by atoms with E-state index < -0.39 is 0 Å². The zero-order valence-electron chi connectivity index (χ0n) is 12.0. The molecule has 0 aliphatic carbocycles. The van der Waals surface area contributed by atoms with Crippen LogP contribution in [0.15, 0.2) is 42.9 Å². The first kappa shape index (κ1) is 12.3. The molecule has 2 aromatic heterocycles. The van der Waals surface area contributed by atoms with Crippen LogP contribution in [0.25, 0.3) is 11.0 Å². The smallest absolute Gasteiger partial charge is 0.148 e. The lowest BCUT2D eigenvalue weighted by Crippen LogP contribution is -2.23. The monoisotopic (exact) mass is 279 g/mol. The van der Waals surface area contributed by atoms with Crippen molar-refractivity contribution >= 4 is 16.9 Å². The Labute approximate surface area is 123 Å². The van der Waals surface area contributed by atoms with E-state index in [4.69, 9.17) is 4.98 Å². The second-order valence-corrected chi connectivity index (χ2v) is 5.52. The largest absolute Gasteiger partial charge is 0.348 e. The van der Waals surface area contributed by atoms with Crippen LogP contribution in [0.4, 0.5) is 5.82 Å². The molecule has 1 fully saturated rings. The summed E-state index contributed by atoms with van der Waals surface area (Å²) >= 11 is 0. The van der Waals surface area contributed by atoms with Crippen molar-refractivity contribution in [1.29, 1.82) is 0 Å². The Bertz CT molecular complexity index is 779. The summed E-state index contributed by atoms with van der Waals surface area (Å²) < 4.78 is 1.86. The molecular formula is C16H17N5. The Balaban J connectivity index is 1.72. The van der Waals surface area contributed by atoms with Crippen molar-refractivity contribution in [2.75, 3.05) is 11.4 Å². The molecule has 1 saturated heterocycles. The summed E-state index contributed by atoms with van der Waals surface area (Å²) in [5.74, 6) is 0.958. The third-order valence-electron chi connectivity index (χ3n) is 4.09. The molecule has 1 aromatic carbocycles. The van der Waals surface area contributed by atoms with Crippen molar-refractivity contribution in [3.05, 3.63) is 48.4 Å². The van der Waals surface area contributed by atoms with Crippen molar-refractivity contribution in [2.45, 2.75) is 18.9 Å². The Morgan fingerprint density at radius 1 is 1.14 bits per heavy atom. The summed E-state index contributed by atoms with van der Waals surface area (Å²) in [4.78, 5) is 11.7. The molecule has 1 aliphatic rings. The normalized spacial score (nSPS) is 18.5. The van der Waals surface area contributed by atoms with Gasteiger partial charge in [-0.2, -0.15) is 5.10 Å². The first-order valence-corrected chi connectivity index (χ1v) is 7.28. The molecule has 5 heteroatoms. The zero-order valence-corrected chi connectivity index (χ0v) is 12.0. The quantitative estimate of drug-likeness (QED) is 0.723. The zero-order chi connectivity index (χ0) is 14.2. The summed E-state index contributed by atoms with van der Waals surface area (Å²) in [6, 6.07) is 8.36. The summed E-state index contributed by atoms with van der Waals surface area (Å²) in [5, 5.41) is 4.29. The third-order valence-corrected chi connectivity index (χ3v) is 4.09. The van der Waals surface area contributed by atoms with Gasteiger partial charge in [0.15, 0.2) is 0 Å². The number of benzene rings is 1. The van der Waals surface area contributed by atoms with Gasteiger partial charge in [-0.15, -0.1) is 0 Å². The van der Waals surface area contributed by atoms with Gasteiger partial charge in [0.1, 0.15) is 5.82 Å². The lowest BCUT2D eigenvalue weighted by molar-refractivity contribution is 0.708. The van der Waals surface area contributed by atoms with Gasteiger partial charge in [-0.3, -0.25) is 9.67 Å². The summed E-state index contributed by atoms with van der Waals surface area (Å²) in [6.07, 6.45) is 8.25. The second kappa shape index (κ2) is 4.84. The van der Waals surface area contributed by atoms with Crippen molar-refractivity contribution in [3.63, 3.8) is 0 Å². The fourth-order valence-corrected chi connectivity index (χ4v) is 3.09. The molecule has 3 heterocycles. The lowest BCUT2D eigenvalue weighted by Gasteiger charge is -2.24. The van der Waals surface area contributed by atoms with Crippen LogP contribution < -0.4 is 4.90 Å². The minimum absolute atomic E-state index is 0.356. The van der Waals surface area contributed by atoms with Crippen LogP contribution in [0.1, 0.15) is 24.4 Å². The van der Waals surface area contributed by atoms with Crippen molar-refractivity contribution in [3.8, 4) is 0 Å². The number of nitrogens with zero attached hydrogens (tertiary/aromatic N) is 5. The minimum atomic E-state index is 0.356. The number of hydrogen-bond acceptors (Lipinski definition) is 4. The van der Waals surface area contributed by atoms with E-state index in [1.165, 1.54) is 12.0 Å². The van der Waals surface area contributed by atoms with Crippen LogP contribution in [0.3, 0.4) is 0 Å². The maximum atomic E-state index is 4.78. The van der Waals surface area contributed by atoms with Crippen LogP contribution in [0, 0.1) is 0 Å². The maximum absolute atomic E-state index is 4.78. The van der Waals surface area contributed by atoms with Crippen molar-refractivity contribution in [1.82, 2.24) is 19.7 Å². The summed E-state index contributed by atoms with van der Waals surface area (Å²) in [7, 11) is 1.96. The van der Waals surface area contributed by atoms with E-state index in [9.17, 15) is 0 Å². The van der Waals surface area contributed by atoms with E-state index in [1.807, 2.05) is 48.4 Å². The molecule has 0 amide bonds. The van der Waals surface area contributed by atoms with E-state index in [0.29, 0.717) is 6.04 Å². The average Bonchev–Trinajstić information content (AvgIpc) is 3.15. The van der Waals surface area contributed by atoms with Gasteiger partial charge < -0.3 is 4.90 Å². The number of anilines is 1. The van der Waals surface area contributed by atoms with Crippen molar-refractivity contribution < 1.29 is 0 Å². The first-order chi connectivity index (χ1) is 10.3. The van der Waals surface area contributed by atoms with Gasteiger partial charge >= 0.3 is 0 Å². The topological polar surface area (TPSA) is 46.8 Å². The van der Waals surface area contributed by atoms with E-state index in [1.54, 1.807) is 0 Å². The van der Waals surface area contributed by atoms with Crippen LogP contribution >= 0.6 is 0 Å². The van der Waals surface area contributed by atoms with E-state index >= 15 is 0 Å². The molecule has 0 N–H and O–H groups in total. The number of hydrogen-bond donors (Lipinski definition) is 0.